The van der Waals surface area contributed by atoms with Crippen molar-refractivity contribution < 1.29 is 9.59 Å². The molecule has 21 heavy (non-hydrogen) atoms. The summed E-state index contributed by atoms with van der Waals surface area (Å²) in [5, 5.41) is 2.78. The van der Waals surface area contributed by atoms with Gasteiger partial charge in [0.05, 0.1) is 6.42 Å². The van der Waals surface area contributed by atoms with Crippen LogP contribution in [0.3, 0.4) is 0 Å². The normalized spacial score (nSPS) is 15.6. The van der Waals surface area contributed by atoms with E-state index in [1.807, 2.05) is 29.2 Å². The average Bonchev–Trinajstić information content (AvgIpc) is 3.07. The summed E-state index contributed by atoms with van der Waals surface area (Å²) in [5.41, 5.74) is 4.80. The number of amides is 2. The first-order valence-electron chi connectivity index (χ1n) is 6.99. The average molecular weight is 278 g/mol. The fourth-order valence-electron chi connectivity index (χ4n) is 3.02. The molecule has 4 nitrogen and oxygen atoms in total. The van der Waals surface area contributed by atoms with Crippen LogP contribution in [-0.4, -0.2) is 16.7 Å². The molecule has 2 aromatic carbocycles. The van der Waals surface area contributed by atoms with E-state index >= 15 is 0 Å². The van der Waals surface area contributed by atoms with Crippen molar-refractivity contribution in [3.8, 4) is 0 Å². The Morgan fingerprint density at radius 3 is 2.43 bits per heavy atom. The monoisotopic (exact) mass is 278 g/mol. The zero-order valence-corrected chi connectivity index (χ0v) is 11.4. The molecule has 2 amide bonds. The molecule has 0 fully saturated rings. The molecule has 2 aromatic rings. The van der Waals surface area contributed by atoms with E-state index in [-0.39, 0.29) is 11.8 Å². The van der Waals surface area contributed by atoms with Crippen LogP contribution in [0.1, 0.15) is 27.0 Å². The summed E-state index contributed by atoms with van der Waals surface area (Å²) in [6.07, 6.45) is 0.358. The second-order valence-electron chi connectivity index (χ2n) is 5.53. The molecule has 2 aliphatic rings. The summed E-state index contributed by atoms with van der Waals surface area (Å²) in [7, 11) is 0. The van der Waals surface area contributed by atoms with E-state index in [4.69, 9.17) is 0 Å². The van der Waals surface area contributed by atoms with Crippen molar-refractivity contribution in [2.75, 3.05) is 5.32 Å². The van der Waals surface area contributed by atoms with E-state index in [0.29, 0.717) is 25.1 Å². The van der Waals surface area contributed by atoms with E-state index in [1.165, 1.54) is 11.1 Å². The molecular weight excluding hydrogens is 264 g/mol. The number of fused-ring (bicyclic) bond motifs is 2. The number of anilines is 1. The van der Waals surface area contributed by atoms with Crippen LogP contribution < -0.4 is 5.32 Å². The lowest BCUT2D eigenvalue weighted by Gasteiger charge is -2.16. The van der Waals surface area contributed by atoms with Crippen molar-refractivity contribution in [2.45, 2.75) is 19.5 Å². The lowest BCUT2D eigenvalue weighted by molar-refractivity contribution is -0.115. The first-order chi connectivity index (χ1) is 10.2. The van der Waals surface area contributed by atoms with Gasteiger partial charge < -0.3 is 10.2 Å². The smallest absolute Gasteiger partial charge is 0.254 e. The van der Waals surface area contributed by atoms with E-state index in [0.717, 1.165) is 11.3 Å². The fourth-order valence-corrected chi connectivity index (χ4v) is 3.02. The fraction of sp³-hybridized carbons (Fsp3) is 0.176. The largest absolute Gasteiger partial charge is 0.330 e. The molecule has 0 radical (unpaired) electrons. The lowest BCUT2D eigenvalue weighted by atomic mass is 10.1. The number of rotatable bonds is 1. The molecule has 2 aliphatic heterocycles. The zero-order chi connectivity index (χ0) is 14.4. The van der Waals surface area contributed by atoms with Gasteiger partial charge in [-0.2, -0.15) is 0 Å². The lowest BCUT2D eigenvalue weighted by Crippen LogP contribution is -2.25. The van der Waals surface area contributed by atoms with Gasteiger partial charge in [-0.1, -0.05) is 24.3 Å². The molecule has 104 valence electrons. The van der Waals surface area contributed by atoms with Crippen molar-refractivity contribution >= 4 is 17.5 Å². The topological polar surface area (TPSA) is 49.4 Å². The van der Waals surface area contributed by atoms with E-state index in [9.17, 15) is 9.59 Å². The maximum atomic E-state index is 12.6. The Hall–Kier alpha value is -2.62. The minimum atomic E-state index is -0.0109. The predicted octanol–water partition coefficient (Wildman–Crippen LogP) is 2.34. The second kappa shape index (κ2) is 4.45. The number of nitrogens with one attached hydrogen (secondary N) is 1. The minimum absolute atomic E-state index is 0.0109. The molecule has 0 saturated carbocycles. The molecule has 0 unspecified atom stereocenters. The van der Waals surface area contributed by atoms with Crippen LogP contribution in [0.5, 0.6) is 0 Å². The van der Waals surface area contributed by atoms with Crippen LogP contribution in [0.2, 0.25) is 0 Å². The summed E-state index contributed by atoms with van der Waals surface area (Å²) in [5.74, 6) is 0.0107. The number of carbonyl (C=O) groups excluding carboxylic acids is 2. The van der Waals surface area contributed by atoms with Gasteiger partial charge in [-0.05, 0) is 34.9 Å². The highest BCUT2D eigenvalue weighted by molar-refractivity contribution is 6.01. The summed E-state index contributed by atoms with van der Waals surface area (Å²) >= 11 is 0. The van der Waals surface area contributed by atoms with Gasteiger partial charge in [0.1, 0.15) is 0 Å². The molecule has 0 bridgehead atoms. The Bertz CT molecular complexity index is 742. The SMILES string of the molecule is O=C1Cc2cc(C(=O)N3Cc4ccccc4C3)ccc2N1. The maximum Gasteiger partial charge on any atom is 0.254 e. The van der Waals surface area contributed by atoms with Gasteiger partial charge in [-0.3, -0.25) is 9.59 Å². The van der Waals surface area contributed by atoms with Gasteiger partial charge in [0.25, 0.3) is 5.91 Å². The molecule has 0 aromatic heterocycles. The van der Waals surface area contributed by atoms with Crippen molar-refractivity contribution in [3.63, 3.8) is 0 Å². The number of carbonyl (C=O) groups is 2. The highest BCUT2D eigenvalue weighted by Gasteiger charge is 2.25. The Balaban J connectivity index is 1.60. The van der Waals surface area contributed by atoms with Crippen LogP contribution in [-0.2, 0) is 24.3 Å². The van der Waals surface area contributed by atoms with E-state index in [2.05, 4.69) is 17.4 Å². The number of nitrogens with zero attached hydrogens (tertiary/aromatic N) is 1. The molecule has 0 atom stereocenters. The van der Waals surface area contributed by atoms with Crippen LogP contribution in [0.4, 0.5) is 5.69 Å². The van der Waals surface area contributed by atoms with Crippen molar-refractivity contribution in [2.24, 2.45) is 0 Å². The Labute approximate surface area is 122 Å². The molecule has 1 N–H and O–H groups in total. The Morgan fingerprint density at radius 2 is 1.71 bits per heavy atom. The first-order valence-corrected chi connectivity index (χ1v) is 6.99. The highest BCUT2D eigenvalue weighted by atomic mass is 16.2. The van der Waals surface area contributed by atoms with Crippen molar-refractivity contribution in [3.05, 3.63) is 64.7 Å². The third kappa shape index (κ3) is 2.00. The van der Waals surface area contributed by atoms with Crippen molar-refractivity contribution in [1.29, 1.82) is 0 Å². The van der Waals surface area contributed by atoms with Gasteiger partial charge in [0.2, 0.25) is 5.91 Å². The van der Waals surface area contributed by atoms with Crippen LogP contribution in [0, 0.1) is 0 Å². The summed E-state index contributed by atoms with van der Waals surface area (Å²) in [4.78, 5) is 25.8. The van der Waals surface area contributed by atoms with Gasteiger partial charge in [0, 0.05) is 24.3 Å². The molecule has 4 rings (SSSR count). The Morgan fingerprint density at radius 1 is 1.00 bits per heavy atom. The Kier molecular flexibility index (Phi) is 2.57. The quantitative estimate of drug-likeness (QED) is 0.870. The maximum absolute atomic E-state index is 12.6. The summed E-state index contributed by atoms with van der Waals surface area (Å²) < 4.78 is 0. The van der Waals surface area contributed by atoms with E-state index < -0.39 is 0 Å². The summed E-state index contributed by atoms with van der Waals surface area (Å²) in [6.45, 7) is 1.31. The third-order valence-corrected chi connectivity index (χ3v) is 4.11. The molecule has 0 aliphatic carbocycles. The third-order valence-electron chi connectivity index (χ3n) is 4.11. The minimum Gasteiger partial charge on any atom is -0.330 e. The van der Waals surface area contributed by atoms with Gasteiger partial charge in [-0.15, -0.1) is 0 Å². The van der Waals surface area contributed by atoms with Gasteiger partial charge >= 0.3 is 0 Å². The summed E-state index contributed by atoms with van der Waals surface area (Å²) in [6, 6.07) is 13.6. The number of benzene rings is 2. The van der Waals surface area contributed by atoms with Gasteiger partial charge in [-0.25, -0.2) is 0 Å². The number of hydrogen-bond acceptors (Lipinski definition) is 2. The standard InChI is InChI=1S/C17H14N2O2/c20-16-8-14-7-11(5-6-15(14)18-16)17(21)19-9-12-3-1-2-4-13(12)10-19/h1-7H,8-10H2,(H,18,20). The predicted molar refractivity (Wildman–Crippen MR) is 78.8 cm³/mol. The number of hydrogen-bond donors (Lipinski definition) is 1. The zero-order valence-electron chi connectivity index (χ0n) is 11.4. The van der Waals surface area contributed by atoms with Crippen LogP contribution >= 0.6 is 0 Å². The molecule has 2 heterocycles. The van der Waals surface area contributed by atoms with Gasteiger partial charge in [0.15, 0.2) is 0 Å². The molecule has 0 spiro atoms. The second-order valence-corrected chi connectivity index (χ2v) is 5.53. The molecule has 0 saturated heterocycles. The van der Waals surface area contributed by atoms with E-state index in [1.54, 1.807) is 6.07 Å². The highest BCUT2D eigenvalue weighted by Crippen LogP contribution is 2.27. The first kappa shape index (κ1) is 12.1. The molecule has 4 heteroatoms. The van der Waals surface area contributed by atoms with Crippen LogP contribution in [0.15, 0.2) is 42.5 Å². The molecular formula is C17H14N2O2. The van der Waals surface area contributed by atoms with Crippen molar-refractivity contribution in [1.82, 2.24) is 4.90 Å². The van der Waals surface area contributed by atoms with Crippen LogP contribution in [0.25, 0.3) is 0 Å².